The van der Waals surface area contributed by atoms with Gasteiger partial charge in [0.1, 0.15) is 5.75 Å². The highest BCUT2D eigenvalue weighted by molar-refractivity contribution is 6.35. The molecule has 3 atom stereocenters. The molecule has 2 aromatic carbocycles. The average molecular weight is 336 g/mol. The first-order valence-electron chi connectivity index (χ1n) is 7.31. The van der Waals surface area contributed by atoms with Crippen LogP contribution < -0.4 is 10.1 Å². The molecule has 0 amide bonds. The van der Waals surface area contributed by atoms with Crippen LogP contribution in [0.1, 0.15) is 18.0 Å². The van der Waals surface area contributed by atoms with E-state index < -0.39 is 0 Å². The molecule has 5 heteroatoms. The van der Waals surface area contributed by atoms with Crippen molar-refractivity contribution in [3.63, 3.8) is 0 Å². The molecular weight excluding hydrogens is 321 g/mol. The van der Waals surface area contributed by atoms with Crippen molar-refractivity contribution < 1.29 is 9.47 Å². The Kier molecular flexibility index (Phi) is 3.65. The quantitative estimate of drug-likeness (QED) is 0.846. The SMILES string of the molecule is Clc1cc(Cl)c2c(c1)O[C@@H]1OCC[C@@H]1[C@H]2Nc1ccccc1. The van der Waals surface area contributed by atoms with Crippen LogP contribution in [0.15, 0.2) is 42.5 Å². The van der Waals surface area contributed by atoms with Crippen molar-refractivity contribution in [3.05, 3.63) is 58.1 Å². The first kappa shape index (κ1) is 14.2. The lowest BCUT2D eigenvalue weighted by atomic mass is 9.88. The number of fused-ring (bicyclic) bond motifs is 2. The zero-order valence-electron chi connectivity index (χ0n) is 11.8. The van der Waals surface area contributed by atoms with Gasteiger partial charge < -0.3 is 14.8 Å². The van der Waals surface area contributed by atoms with Crippen molar-refractivity contribution in [3.8, 4) is 5.75 Å². The van der Waals surface area contributed by atoms with Crippen molar-refractivity contribution in [1.82, 2.24) is 0 Å². The molecule has 22 heavy (non-hydrogen) atoms. The summed E-state index contributed by atoms with van der Waals surface area (Å²) >= 11 is 12.6. The van der Waals surface area contributed by atoms with Crippen LogP contribution in [-0.2, 0) is 4.74 Å². The summed E-state index contributed by atoms with van der Waals surface area (Å²) in [6, 6.07) is 13.7. The standard InChI is InChI=1S/C17H15Cl2NO2/c18-10-8-13(19)15-14(9-10)22-17-12(6-7-21-17)16(15)20-11-4-2-1-3-5-11/h1-5,8-9,12,16-17,20H,6-7H2/t12-,16-,17+/m1/s1. The number of rotatable bonds is 2. The molecule has 0 aromatic heterocycles. The molecule has 0 aliphatic carbocycles. The van der Waals surface area contributed by atoms with Crippen molar-refractivity contribution in [1.29, 1.82) is 0 Å². The normalized spacial score (nSPS) is 26.0. The molecule has 0 unspecified atom stereocenters. The third-order valence-electron chi connectivity index (χ3n) is 4.22. The Labute approximate surface area is 139 Å². The Morgan fingerprint density at radius 1 is 1.09 bits per heavy atom. The van der Waals surface area contributed by atoms with Crippen LogP contribution in [0.3, 0.4) is 0 Å². The molecule has 2 aromatic rings. The van der Waals surface area contributed by atoms with Crippen LogP contribution >= 0.6 is 23.2 Å². The van der Waals surface area contributed by atoms with Gasteiger partial charge in [-0.2, -0.15) is 0 Å². The van der Waals surface area contributed by atoms with Crippen molar-refractivity contribution in [2.45, 2.75) is 18.8 Å². The summed E-state index contributed by atoms with van der Waals surface area (Å²) in [6.45, 7) is 0.696. The van der Waals surface area contributed by atoms with Crippen molar-refractivity contribution in [2.75, 3.05) is 11.9 Å². The summed E-state index contributed by atoms with van der Waals surface area (Å²) in [6.07, 6.45) is 0.691. The highest BCUT2D eigenvalue weighted by atomic mass is 35.5. The molecule has 114 valence electrons. The van der Waals surface area contributed by atoms with Crippen LogP contribution in [0.4, 0.5) is 5.69 Å². The third kappa shape index (κ3) is 2.43. The summed E-state index contributed by atoms with van der Waals surface area (Å²) in [5.41, 5.74) is 2.01. The van der Waals surface area contributed by atoms with Gasteiger partial charge in [0, 0.05) is 22.2 Å². The fraction of sp³-hybridized carbons (Fsp3) is 0.294. The fourth-order valence-corrected chi connectivity index (χ4v) is 3.81. The predicted molar refractivity (Wildman–Crippen MR) is 87.7 cm³/mol. The van der Waals surface area contributed by atoms with E-state index in [4.69, 9.17) is 32.7 Å². The van der Waals surface area contributed by atoms with Gasteiger partial charge in [0.2, 0.25) is 6.29 Å². The summed E-state index contributed by atoms with van der Waals surface area (Å²) in [4.78, 5) is 0. The van der Waals surface area contributed by atoms with E-state index in [1.807, 2.05) is 30.3 Å². The largest absolute Gasteiger partial charge is 0.464 e. The maximum Gasteiger partial charge on any atom is 0.205 e. The van der Waals surface area contributed by atoms with Gasteiger partial charge in [0.25, 0.3) is 0 Å². The number of hydrogen-bond acceptors (Lipinski definition) is 3. The fourth-order valence-electron chi connectivity index (χ4n) is 3.22. The molecule has 4 rings (SSSR count). The van der Waals surface area contributed by atoms with Gasteiger partial charge in [0.15, 0.2) is 0 Å². The van der Waals surface area contributed by atoms with E-state index in [1.54, 1.807) is 12.1 Å². The van der Waals surface area contributed by atoms with Crippen LogP contribution in [-0.4, -0.2) is 12.9 Å². The maximum absolute atomic E-state index is 6.45. The first-order chi connectivity index (χ1) is 10.7. The topological polar surface area (TPSA) is 30.5 Å². The number of hydrogen-bond donors (Lipinski definition) is 1. The highest BCUT2D eigenvalue weighted by Gasteiger charge is 2.43. The molecule has 2 aliphatic rings. The van der Waals surface area contributed by atoms with E-state index in [9.17, 15) is 0 Å². The molecule has 0 saturated carbocycles. The first-order valence-corrected chi connectivity index (χ1v) is 8.07. The molecule has 2 aliphatic heterocycles. The Balaban J connectivity index is 1.78. The molecule has 0 radical (unpaired) electrons. The molecule has 2 heterocycles. The third-order valence-corrected chi connectivity index (χ3v) is 4.75. The number of ether oxygens (including phenoxy) is 2. The Hall–Kier alpha value is -1.42. The number of benzene rings is 2. The van der Waals surface area contributed by atoms with E-state index >= 15 is 0 Å². The van der Waals surface area contributed by atoms with Crippen LogP contribution in [0.2, 0.25) is 10.0 Å². The lowest BCUT2D eigenvalue weighted by molar-refractivity contribution is -0.0747. The Morgan fingerprint density at radius 2 is 1.91 bits per heavy atom. The number of anilines is 1. The highest BCUT2D eigenvalue weighted by Crippen LogP contribution is 2.48. The molecule has 0 spiro atoms. The minimum absolute atomic E-state index is 0.0448. The zero-order chi connectivity index (χ0) is 15.1. The number of halogens is 2. The minimum atomic E-state index is -0.247. The summed E-state index contributed by atoms with van der Waals surface area (Å²) in [7, 11) is 0. The second-order valence-corrected chi connectivity index (χ2v) is 6.44. The van der Waals surface area contributed by atoms with Crippen LogP contribution in [0.25, 0.3) is 0 Å². The minimum Gasteiger partial charge on any atom is -0.464 e. The van der Waals surface area contributed by atoms with E-state index in [0.29, 0.717) is 22.4 Å². The van der Waals surface area contributed by atoms with E-state index in [1.165, 1.54) is 0 Å². The molecular formula is C17H15Cl2NO2. The van der Waals surface area contributed by atoms with Crippen LogP contribution in [0, 0.1) is 5.92 Å². The Bertz CT molecular complexity index is 693. The number of para-hydroxylation sites is 1. The molecule has 1 saturated heterocycles. The Morgan fingerprint density at radius 3 is 2.73 bits per heavy atom. The monoisotopic (exact) mass is 335 g/mol. The van der Waals surface area contributed by atoms with E-state index in [2.05, 4.69) is 5.32 Å². The summed E-state index contributed by atoms with van der Waals surface area (Å²) in [5, 5.41) is 4.78. The van der Waals surface area contributed by atoms with Crippen molar-refractivity contribution >= 4 is 28.9 Å². The molecule has 1 N–H and O–H groups in total. The predicted octanol–water partition coefficient (Wildman–Crippen LogP) is 4.90. The average Bonchev–Trinajstić information content (AvgIpc) is 2.95. The van der Waals surface area contributed by atoms with Gasteiger partial charge in [0.05, 0.1) is 17.7 Å². The lowest BCUT2D eigenvalue weighted by Gasteiger charge is -2.36. The van der Waals surface area contributed by atoms with E-state index in [-0.39, 0.29) is 18.2 Å². The molecule has 0 bridgehead atoms. The second kappa shape index (κ2) is 5.65. The summed E-state index contributed by atoms with van der Waals surface area (Å²) < 4.78 is 11.7. The van der Waals surface area contributed by atoms with Gasteiger partial charge in [-0.25, -0.2) is 0 Å². The smallest absolute Gasteiger partial charge is 0.205 e. The van der Waals surface area contributed by atoms with Gasteiger partial charge in [-0.15, -0.1) is 0 Å². The van der Waals surface area contributed by atoms with Crippen LogP contribution in [0.5, 0.6) is 5.75 Å². The molecule has 3 nitrogen and oxygen atoms in total. The van der Waals surface area contributed by atoms with Gasteiger partial charge in [-0.3, -0.25) is 0 Å². The number of nitrogens with one attached hydrogen (secondary N) is 1. The van der Waals surface area contributed by atoms with Gasteiger partial charge in [-0.1, -0.05) is 41.4 Å². The van der Waals surface area contributed by atoms with Gasteiger partial charge in [-0.05, 0) is 30.7 Å². The maximum atomic E-state index is 6.45. The van der Waals surface area contributed by atoms with Crippen molar-refractivity contribution in [2.24, 2.45) is 5.92 Å². The zero-order valence-corrected chi connectivity index (χ0v) is 13.3. The molecule has 1 fully saturated rings. The summed E-state index contributed by atoms with van der Waals surface area (Å²) in [5.74, 6) is 0.931. The van der Waals surface area contributed by atoms with E-state index in [0.717, 1.165) is 17.7 Å². The second-order valence-electron chi connectivity index (χ2n) is 5.60. The van der Waals surface area contributed by atoms with Gasteiger partial charge >= 0.3 is 0 Å². The lowest BCUT2D eigenvalue weighted by Crippen LogP contribution is -2.36.